The zero-order valence-electron chi connectivity index (χ0n) is 14.1. The van der Waals surface area contributed by atoms with Gasteiger partial charge in [-0.25, -0.2) is 0 Å². The van der Waals surface area contributed by atoms with Crippen molar-refractivity contribution in [2.24, 2.45) is 0 Å². The third kappa shape index (κ3) is 4.40. The fraction of sp³-hybridized carbons (Fsp3) is 0.562. The summed E-state index contributed by atoms with van der Waals surface area (Å²) >= 11 is 1.61. The molecule has 2 aromatic heterocycles. The van der Waals surface area contributed by atoms with Gasteiger partial charge in [-0.05, 0) is 31.0 Å². The molecule has 3 rings (SSSR count). The van der Waals surface area contributed by atoms with Gasteiger partial charge in [0.15, 0.2) is 0 Å². The molecule has 0 atom stereocenters. The van der Waals surface area contributed by atoms with Gasteiger partial charge in [-0.1, -0.05) is 11.2 Å². The van der Waals surface area contributed by atoms with Crippen LogP contribution in [0.5, 0.6) is 0 Å². The Morgan fingerprint density at radius 1 is 1.29 bits per heavy atom. The first kappa shape index (κ1) is 17.1. The second-order valence-electron chi connectivity index (χ2n) is 6.18. The molecule has 2 aromatic rings. The largest absolute Gasteiger partial charge is 0.348 e. The summed E-state index contributed by atoms with van der Waals surface area (Å²) in [6.07, 6.45) is 1.03. The highest BCUT2D eigenvalue weighted by Crippen LogP contribution is 2.21. The van der Waals surface area contributed by atoms with Crippen molar-refractivity contribution >= 4 is 17.2 Å². The molecule has 1 saturated heterocycles. The number of thiophene rings is 1. The van der Waals surface area contributed by atoms with Gasteiger partial charge in [0.05, 0.1) is 18.0 Å². The first-order valence-corrected chi connectivity index (χ1v) is 9.01. The topological polar surface area (TPSA) is 65.7 Å². The predicted octanol–water partition coefficient (Wildman–Crippen LogP) is 1.39. The van der Waals surface area contributed by atoms with Crippen molar-refractivity contribution in [2.75, 3.05) is 46.8 Å². The maximum atomic E-state index is 11.8. The average Bonchev–Trinajstić information content (AvgIpc) is 3.18. The number of likely N-dealkylation sites (N-methyl/N-ethyl adjacent to an activating group) is 1. The second kappa shape index (κ2) is 7.87. The fourth-order valence-electron chi connectivity index (χ4n) is 2.69. The molecule has 7 nitrogen and oxygen atoms in total. The van der Waals surface area contributed by atoms with Crippen LogP contribution in [0.1, 0.15) is 12.3 Å². The van der Waals surface area contributed by atoms with Gasteiger partial charge in [-0.15, -0.1) is 11.3 Å². The first-order chi connectivity index (χ1) is 11.6. The molecule has 1 amide bonds. The summed E-state index contributed by atoms with van der Waals surface area (Å²) in [7, 11) is 3.60. The van der Waals surface area contributed by atoms with Gasteiger partial charge in [0.2, 0.25) is 17.6 Å². The van der Waals surface area contributed by atoms with E-state index in [-0.39, 0.29) is 5.91 Å². The van der Waals surface area contributed by atoms with E-state index in [1.54, 1.807) is 30.3 Å². The third-order valence-electron chi connectivity index (χ3n) is 4.11. The summed E-state index contributed by atoms with van der Waals surface area (Å²) in [4.78, 5) is 23.5. The molecule has 0 bridgehead atoms. The predicted molar refractivity (Wildman–Crippen MR) is 92.6 cm³/mol. The van der Waals surface area contributed by atoms with Crippen molar-refractivity contribution in [3.05, 3.63) is 23.4 Å². The number of amides is 1. The van der Waals surface area contributed by atoms with Crippen LogP contribution in [0.2, 0.25) is 0 Å². The van der Waals surface area contributed by atoms with E-state index in [4.69, 9.17) is 4.52 Å². The number of nitrogens with zero attached hydrogens (tertiary/aromatic N) is 5. The molecule has 1 fully saturated rings. The van der Waals surface area contributed by atoms with Gasteiger partial charge in [0.1, 0.15) is 0 Å². The Hall–Kier alpha value is -1.77. The van der Waals surface area contributed by atoms with Crippen molar-refractivity contribution in [3.63, 3.8) is 0 Å². The molecule has 0 N–H and O–H groups in total. The Morgan fingerprint density at radius 2 is 2.08 bits per heavy atom. The van der Waals surface area contributed by atoms with Crippen LogP contribution in [-0.2, 0) is 11.3 Å². The van der Waals surface area contributed by atoms with E-state index in [1.165, 1.54) is 0 Å². The Kier molecular flexibility index (Phi) is 5.60. The molecule has 130 valence electrons. The minimum absolute atomic E-state index is 0.154. The van der Waals surface area contributed by atoms with E-state index in [0.717, 1.165) is 37.5 Å². The minimum Gasteiger partial charge on any atom is -0.348 e. The van der Waals surface area contributed by atoms with Crippen molar-refractivity contribution < 1.29 is 9.32 Å². The van der Waals surface area contributed by atoms with E-state index in [1.807, 2.05) is 17.5 Å². The van der Waals surface area contributed by atoms with E-state index < -0.39 is 0 Å². The normalized spacial score (nSPS) is 16.9. The lowest BCUT2D eigenvalue weighted by Gasteiger charge is -2.22. The quantitative estimate of drug-likeness (QED) is 0.813. The maximum Gasteiger partial charge on any atom is 0.241 e. The molecule has 3 heterocycles. The van der Waals surface area contributed by atoms with E-state index in [2.05, 4.69) is 19.9 Å². The summed E-state index contributed by atoms with van der Waals surface area (Å²) in [5, 5.41) is 6.06. The molecule has 24 heavy (non-hydrogen) atoms. The lowest BCUT2D eigenvalue weighted by Crippen LogP contribution is -2.38. The summed E-state index contributed by atoms with van der Waals surface area (Å²) < 4.78 is 5.38. The minimum atomic E-state index is 0.154. The van der Waals surface area contributed by atoms with E-state index in [0.29, 0.717) is 24.8 Å². The van der Waals surface area contributed by atoms with Crippen LogP contribution in [-0.4, -0.2) is 77.6 Å². The number of aromatic nitrogens is 2. The molecule has 0 aromatic carbocycles. The molecule has 0 saturated carbocycles. The van der Waals surface area contributed by atoms with Crippen LogP contribution in [0, 0.1) is 0 Å². The highest BCUT2D eigenvalue weighted by Gasteiger charge is 2.19. The molecule has 0 unspecified atom stereocenters. The zero-order valence-corrected chi connectivity index (χ0v) is 15.0. The average molecular weight is 349 g/mol. The maximum absolute atomic E-state index is 11.8. The van der Waals surface area contributed by atoms with Crippen LogP contribution >= 0.6 is 11.3 Å². The monoisotopic (exact) mass is 349 g/mol. The second-order valence-corrected chi connectivity index (χ2v) is 7.13. The molecular formula is C16H23N5O2S. The number of carbonyl (C=O) groups is 1. The fourth-order valence-corrected chi connectivity index (χ4v) is 3.34. The standard InChI is InChI=1S/C16H23N5O2S/c1-19(2)15(22)12-21-7-4-6-20(8-9-21)11-14-17-16(18-23-14)13-5-3-10-24-13/h3,5,10H,4,6-9,11-12H2,1-2H3. The lowest BCUT2D eigenvalue weighted by atomic mass is 10.3. The van der Waals surface area contributed by atoms with E-state index in [9.17, 15) is 4.79 Å². The number of hydrogen-bond acceptors (Lipinski definition) is 7. The van der Waals surface area contributed by atoms with Crippen molar-refractivity contribution in [2.45, 2.75) is 13.0 Å². The van der Waals surface area contributed by atoms with Crippen LogP contribution in [0.4, 0.5) is 0 Å². The van der Waals surface area contributed by atoms with Crippen molar-refractivity contribution in [1.82, 2.24) is 24.8 Å². The van der Waals surface area contributed by atoms with Gasteiger partial charge >= 0.3 is 0 Å². The Labute approximate surface area is 145 Å². The van der Waals surface area contributed by atoms with Crippen molar-refractivity contribution in [1.29, 1.82) is 0 Å². The first-order valence-electron chi connectivity index (χ1n) is 8.13. The summed E-state index contributed by atoms with van der Waals surface area (Å²) in [5.74, 6) is 1.46. The number of carbonyl (C=O) groups excluding carboxylic acids is 1. The Balaban J connectivity index is 1.52. The molecule has 1 aliphatic heterocycles. The highest BCUT2D eigenvalue weighted by atomic mass is 32.1. The molecule has 0 spiro atoms. The van der Waals surface area contributed by atoms with E-state index >= 15 is 0 Å². The van der Waals surface area contributed by atoms with Crippen molar-refractivity contribution in [3.8, 4) is 10.7 Å². The van der Waals surface area contributed by atoms with Gasteiger partial charge in [0, 0.05) is 27.2 Å². The molecule has 0 aliphatic carbocycles. The molecule has 1 aliphatic rings. The smallest absolute Gasteiger partial charge is 0.241 e. The van der Waals surface area contributed by atoms with Crippen LogP contribution in [0.25, 0.3) is 10.7 Å². The summed E-state index contributed by atoms with van der Waals surface area (Å²) in [5.41, 5.74) is 0. The summed E-state index contributed by atoms with van der Waals surface area (Å²) in [6.45, 7) is 4.85. The highest BCUT2D eigenvalue weighted by molar-refractivity contribution is 7.13. The van der Waals surface area contributed by atoms with Gasteiger partial charge < -0.3 is 9.42 Å². The SMILES string of the molecule is CN(C)C(=O)CN1CCCN(Cc2nc(-c3cccs3)no2)CC1. The third-order valence-corrected chi connectivity index (χ3v) is 4.97. The van der Waals surface area contributed by atoms with Crippen LogP contribution in [0.3, 0.4) is 0 Å². The Bertz CT molecular complexity index is 655. The molecular weight excluding hydrogens is 326 g/mol. The van der Waals surface area contributed by atoms with Gasteiger partial charge in [0.25, 0.3) is 0 Å². The number of rotatable bonds is 5. The molecule has 8 heteroatoms. The zero-order chi connectivity index (χ0) is 16.9. The lowest BCUT2D eigenvalue weighted by molar-refractivity contribution is -0.129. The number of hydrogen-bond donors (Lipinski definition) is 0. The van der Waals surface area contributed by atoms with Gasteiger partial charge in [-0.3, -0.25) is 14.6 Å². The van der Waals surface area contributed by atoms with Crippen LogP contribution in [0.15, 0.2) is 22.0 Å². The molecule has 0 radical (unpaired) electrons. The Morgan fingerprint density at radius 3 is 2.83 bits per heavy atom. The van der Waals surface area contributed by atoms with Crippen LogP contribution < -0.4 is 0 Å². The summed E-state index contributed by atoms with van der Waals surface area (Å²) in [6, 6.07) is 3.97. The van der Waals surface area contributed by atoms with Gasteiger partial charge in [-0.2, -0.15) is 4.98 Å².